The predicted octanol–water partition coefficient (Wildman–Crippen LogP) is 4.46. The molecule has 1 N–H and O–H groups in total. The number of rotatable bonds is 7. The molecular weight excluding hydrogens is 267 g/mol. The van der Waals surface area contributed by atoms with Crippen molar-refractivity contribution >= 4 is 0 Å². The molecule has 1 atom stereocenters. The van der Waals surface area contributed by atoms with E-state index in [0.717, 1.165) is 25.1 Å². The molecule has 0 saturated carbocycles. The van der Waals surface area contributed by atoms with Crippen molar-refractivity contribution < 1.29 is 9.13 Å². The molecule has 0 saturated heterocycles. The zero-order chi connectivity index (χ0) is 15.1. The minimum Gasteiger partial charge on any atom is -0.456 e. The first-order valence-corrected chi connectivity index (χ1v) is 7.35. The molecule has 0 aliphatic heterocycles. The zero-order valence-corrected chi connectivity index (χ0v) is 12.5. The topological polar surface area (TPSA) is 34.1 Å². The van der Waals surface area contributed by atoms with E-state index in [2.05, 4.69) is 24.1 Å². The Kier molecular flexibility index (Phi) is 5.69. The van der Waals surface area contributed by atoms with Crippen molar-refractivity contribution in [2.75, 3.05) is 6.54 Å². The number of ether oxygens (including phenoxy) is 1. The van der Waals surface area contributed by atoms with Crippen LogP contribution in [-0.2, 0) is 0 Å². The van der Waals surface area contributed by atoms with Crippen LogP contribution in [0.2, 0.25) is 0 Å². The first kappa shape index (κ1) is 15.4. The average molecular weight is 288 g/mol. The highest BCUT2D eigenvalue weighted by molar-refractivity contribution is 5.30. The highest BCUT2D eigenvalue weighted by atomic mass is 19.1. The minimum atomic E-state index is -0.274. The van der Waals surface area contributed by atoms with E-state index in [4.69, 9.17) is 4.74 Å². The van der Waals surface area contributed by atoms with Gasteiger partial charge in [0.05, 0.1) is 11.9 Å². The lowest BCUT2D eigenvalue weighted by Crippen LogP contribution is -2.22. The number of nitrogens with zero attached hydrogens (tertiary/aromatic N) is 1. The predicted molar refractivity (Wildman–Crippen MR) is 82.0 cm³/mol. The van der Waals surface area contributed by atoms with Gasteiger partial charge in [-0.3, -0.25) is 4.98 Å². The second kappa shape index (κ2) is 7.74. The number of hydrogen-bond donors (Lipinski definition) is 1. The van der Waals surface area contributed by atoms with Crippen LogP contribution in [0.1, 0.15) is 38.4 Å². The number of benzene rings is 1. The van der Waals surface area contributed by atoms with Gasteiger partial charge in [0.25, 0.3) is 0 Å². The Labute approximate surface area is 125 Å². The van der Waals surface area contributed by atoms with Crippen LogP contribution in [0.25, 0.3) is 0 Å². The fourth-order valence-corrected chi connectivity index (χ4v) is 2.07. The Morgan fingerprint density at radius 2 is 1.81 bits per heavy atom. The van der Waals surface area contributed by atoms with E-state index < -0.39 is 0 Å². The van der Waals surface area contributed by atoms with E-state index >= 15 is 0 Å². The number of aromatic nitrogens is 1. The highest BCUT2D eigenvalue weighted by Gasteiger charge is 2.09. The Bertz CT molecular complexity index is 540. The van der Waals surface area contributed by atoms with Crippen molar-refractivity contribution in [3.63, 3.8) is 0 Å². The molecule has 1 heterocycles. The van der Waals surface area contributed by atoms with Gasteiger partial charge in [-0.25, -0.2) is 4.39 Å². The molecule has 1 unspecified atom stereocenters. The van der Waals surface area contributed by atoms with Crippen LogP contribution in [0.5, 0.6) is 11.5 Å². The number of hydrogen-bond acceptors (Lipinski definition) is 3. The van der Waals surface area contributed by atoms with Gasteiger partial charge in [0, 0.05) is 6.04 Å². The Hall–Kier alpha value is -1.94. The normalized spacial score (nSPS) is 12.1. The third-order valence-corrected chi connectivity index (χ3v) is 3.21. The molecule has 1 aromatic carbocycles. The Morgan fingerprint density at radius 1 is 1.10 bits per heavy atom. The molecule has 2 aromatic rings. The maximum absolute atomic E-state index is 12.8. The average Bonchev–Trinajstić information content (AvgIpc) is 2.52. The van der Waals surface area contributed by atoms with Crippen molar-refractivity contribution in [1.82, 2.24) is 10.3 Å². The second-order valence-corrected chi connectivity index (χ2v) is 4.89. The number of halogens is 1. The summed E-state index contributed by atoms with van der Waals surface area (Å²) in [5.74, 6) is 0.974. The van der Waals surface area contributed by atoms with Crippen molar-refractivity contribution in [2.45, 2.75) is 32.7 Å². The summed E-state index contributed by atoms with van der Waals surface area (Å²) in [6.45, 7) is 5.26. The summed E-state index contributed by atoms with van der Waals surface area (Å²) in [5.41, 5.74) is 1.01. The van der Waals surface area contributed by atoms with Gasteiger partial charge in [0.15, 0.2) is 0 Å². The molecule has 21 heavy (non-hydrogen) atoms. The minimum absolute atomic E-state index is 0.268. The molecule has 0 aliphatic carbocycles. The molecule has 0 aliphatic rings. The van der Waals surface area contributed by atoms with E-state index in [1.807, 2.05) is 12.1 Å². The lowest BCUT2D eigenvalue weighted by atomic mass is 10.1. The Balaban J connectivity index is 2.02. The molecule has 0 radical (unpaired) electrons. The van der Waals surface area contributed by atoms with Crippen LogP contribution in [0.15, 0.2) is 42.6 Å². The maximum Gasteiger partial charge on any atom is 0.145 e. The second-order valence-electron chi connectivity index (χ2n) is 4.89. The van der Waals surface area contributed by atoms with Crippen molar-refractivity contribution in [3.05, 3.63) is 54.1 Å². The standard InChI is InChI=1S/C17H21FN2O/c1-3-11-19-16(4-2)17-10-9-15(12-20-17)21-14-7-5-13(18)6-8-14/h5-10,12,16,19H,3-4,11H2,1-2H3. The van der Waals surface area contributed by atoms with Crippen LogP contribution in [0.3, 0.4) is 0 Å². The lowest BCUT2D eigenvalue weighted by Gasteiger charge is -2.16. The molecule has 3 nitrogen and oxygen atoms in total. The van der Waals surface area contributed by atoms with Gasteiger partial charge in [0.1, 0.15) is 17.3 Å². The van der Waals surface area contributed by atoms with Crippen LogP contribution in [-0.4, -0.2) is 11.5 Å². The molecule has 4 heteroatoms. The number of nitrogens with one attached hydrogen (secondary N) is 1. The van der Waals surface area contributed by atoms with Gasteiger partial charge in [-0.05, 0) is 55.8 Å². The van der Waals surface area contributed by atoms with Gasteiger partial charge < -0.3 is 10.1 Å². The smallest absolute Gasteiger partial charge is 0.145 e. The fourth-order valence-electron chi connectivity index (χ4n) is 2.07. The summed E-state index contributed by atoms with van der Waals surface area (Å²) in [7, 11) is 0. The molecule has 0 spiro atoms. The molecule has 1 aromatic heterocycles. The highest BCUT2D eigenvalue weighted by Crippen LogP contribution is 2.22. The van der Waals surface area contributed by atoms with E-state index in [0.29, 0.717) is 11.5 Å². The van der Waals surface area contributed by atoms with E-state index in [1.54, 1.807) is 18.3 Å². The summed E-state index contributed by atoms with van der Waals surface area (Å²) in [6.07, 6.45) is 3.79. The van der Waals surface area contributed by atoms with E-state index in [-0.39, 0.29) is 11.9 Å². The van der Waals surface area contributed by atoms with Crippen molar-refractivity contribution in [2.24, 2.45) is 0 Å². The van der Waals surface area contributed by atoms with Crippen molar-refractivity contribution in [3.8, 4) is 11.5 Å². The van der Waals surface area contributed by atoms with Crippen LogP contribution < -0.4 is 10.1 Å². The molecule has 0 bridgehead atoms. The molecule has 2 rings (SSSR count). The fraction of sp³-hybridized carbons (Fsp3) is 0.353. The summed E-state index contributed by atoms with van der Waals surface area (Å²) < 4.78 is 18.5. The van der Waals surface area contributed by atoms with E-state index in [1.165, 1.54) is 12.1 Å². The maximum atomic E-state index is 12.8. The molecule has 0 fully saturated rings. The first-order chi connectivity index (χ1) is 10.2. The third-order valence-electron chi connectivity index (χ3n) is 3.21. The lowest BCUT2D eigenvalue weighted by molar-refractivity contribution is 0.472. The van der Waals surface area contributed by atoms with Crippen LogP contribution in [0, 0.1) is 5.82 Å². The Morgan fingerprint density at radius 3 is 2.38 bits per heavy atom. The monoisotopic (exact) mass is 288 g/mol. The van der Waals surface area contributed by atoms with Gasteiger partial charge in [0.2, 0.25) is 0 Å². The van der Waals surface area contributed by atoms with E-state index in [9.17, 15) is 4.39 Å². The summed E-state index contributed by atoms with van der Waals surface area (Å²) in [5, 5.41) is 3.47. The molecular formula is C17H21FN2O. The third kappa shape index (κ3) is 4.53. The summed E-state index contributed by atoms with van der Waals surface area (Å²) in [6, 6.07) is 10.1. The van der Waals surface area contributed by atoms with Crippen LogP contribution >= 0.6 is 0 Å². The summed E-state index contributed by atoms with van der Waals surface area (Å²) in [4.78, 5) is 4.45. The van der Waals surface area contributed by atoms with Crippen LogP contribution in [0.4, 0.5) is 4.39 Å². The van der Waals surface area contributed by atoms with Gasteiger partial charge >= 0.3 is 0 Å². The largest absolute Gasteiger partial charge is 0.456 e. The summed E-state index contributed by atoms with van der Waals surface area (Å²) >= 11 is 0. The molecule has 0 amide bonds. The first-order valence-electron chi connectivity index (χ1n) is 7.35. The quantitative estimate of drug-likeness (QED) is 0.816. The number of pyridine rings is 1. The van der Waals surface area contributed by atoms with Gasteiger partial charge in [-0.2, -0.15) is 0 Å². The SMILES string of the molecule is CCCNC(CC)c1ccc(Oc2ccc(F)cc2)cn1. The van der Waals surface area contributed by atoms with Gasteiger partial charge in [-0.15, -0.1) is 0 Å². The molecule has 112 valence electrons. The zero-order valence-electron chi connectivity index (χ0n) is 12.5. The van der Waals surface area contributed by atoms with Crippen molar-refractivity contribution in [1.29, 1.82) is 0 Å². The van der Waals surface area contributed by atoms with Gasteiger partial charge in [-0.1, -0.05) is 13.8 Å².